The Morgan fingerprint density at radius 2 is 2.00 bits per heavy atom. The van der Waals surface area contributed by atoms with E-state index in [4.69, 9.17) is 10.00 Å². The molecule has 1 aliphatic heterocycles. The zero-order valence-corrected chi connectivity index (χ0v) is 19.8. The van der Waals surface area contributed by atoms with Gasteiger partial charge in [0.1, 0.15) is 24.2 Å². The van der Waals surface area contributed by atoms with Gasteiger partial charge < -0.3 is 9.30 Å². The van der Waals surface area contributed by atoms with Gasteiger partial charge in [0, 0.05) is 51.1 Å². The second kappa shape index (κ2) is 8.83. The molecule has 0 N–H and O–H groups in total. The third kappa shape index (κ3) is 4.44. The Morgan fingerprint density at radius 3 is 2.72 bits per heavy atom. The molecule has 0 saturated carbocycles. The maximum Gasteiger partial charge on any atom is 0.145 e. The standard InChI is InChI=1S/C22H28N8OSi/c1-32(2,3)11-10-31-17-29-8-4-19-20(25-16-26-21(19)29)18-12-27-30(13-18)22(5-6-23)14-28(15-22)9-7-24/h4,8,12-13,16H,5,9-11,14-15,17H2,1-3H3. The van der Waals surface area contributed by atoms with Crippen molar-refractivity contribution in [2.45, 2.75) is 44.4 Å². The Balaban J connectivity index is 1.54. The molecular weight excluding hydrogens is 420 g/mol. The van der Waals surface area contributed by atoms with Crippen LogP contribution in [0.1, 0.15) is 6.42 Å². The smallest absolute Gasteiger partial charge is 0.145 e. The monoisotopic (exact) mass is 448 g/mol. The van der Waals surface area contributed by atoms with Crippen LogP contribution in [0.3, 0.4) is 0 Å². The molecule has 0 aliphatic carbocycles. The lowest BCUT2D eigenvalue weighted by atomic mass is 9.87. The highest BCUT2D eigenvalue weighted by Crippen LogP contribution is 2.34. The van der Waals surface area contributed by atoms with Crippen LogP contribution < -0.4 is 0 Å². The van der Waals surface area contributed by atoms with Gasteiger partial charge in [-0.1, -0.05) is 19.6 Å². The second-order valence-corrected chi connectivity index (χ2v) is 15.3. The van der Waals surface area contributed by atoms with Crippen LogP contribution in [0.5, 0.6) is 0 Å². The topological polar surface area (TPSA) is 109 Å². The molecule has 1 fully saturated rings. The highest BCUT2D eigenvalue weighted by molar-refractivity contribution is 6.76. The number of nitrogens with zero attached hydrogens (tertiary/aromatic N) is 8. The van der Waals surface area contributed by atoms with E-state index in [0.717, 1.165) is 34.9 Å². The fraction of sp³-hybridized carbons (Fsp3) is 0.500. The number of nitriles is 2. The summed E-state index contributed by atoms with van der Waals surface area (Å²) in [7, 11) is -1.12. The van der Waals surface area contributed by atoms with E-state index in [1.165, 1.54) is 0 Å². The molecule has 0 radical (unpaired) electrons. The molecule has 4 heterocycles. The van der Waals surface area contributed by atoms with Gasteiger partial charge in [-0.05, 0) is 12.1 Å². The van der Waals surface area contributed by atoms with Gasteiger partial charge in [-0.15, -0.1) is 0 Å². The van der Waals surface area contributed by atoms with Gasteiger partial charge in [-0.2, -0.15) is 15.6 Å². The third-order valence-electron chi connectivity index (χ3n) is 5.86. The first-order valence-corrected chi connectivity index (χ1v) is 14.5. The first-order chi connectivity index (χ1) is 15.3. The summed E-state index contributed by atoms with van der Waals surface area (Å²) in [4.78, 5) is 11.0. The van der Waals surface area contributed by atoms with E-state index in [1.807, 2.05) is 32.6 Å². The highest BCUT2D eigenvalue weighted by Gasteiger charge is 2.45. The van der Waals surface area contributed by atoms with Crippen molar-refractivity contribution < 1.29 is 4.74 Å². The number of likely N-dealkylation sites (tertiary alicyclic amines) is 1. The number of rotatable bonds is 9. The summed E-state index contributed by atoms with van der Waals surface area (Å²) < 4.78 is 9.76. The Bertz CT molecular complexity index is 1170. The Morgan fingerprint density at radius 1 is 1.19 bits per heavy atom. The lowest BCUT2D eigenvalue weighted by Crippen LogP contribution is -2.62. The van der Waals surface area contributed by atoms with Crippen LogP contribution in [0.25, 0.3) is 22.3 Å². The van der Waals surface area contributed by atoms with Crippen molar-refractivity contribution in [3.8, 4) is 23.4 Å². The number of fused-ring (bicyclic) bond motifs is 1. The van der Waals surface area contributed by atoms with Crippen molar-refractivity contribution in [2.75, 3.05) is 26.2 Å². The SMILES string of the molecule is C[Si](C)(C)CCOCn1ccc2c(-c3cnn(C4(CC#N)CN(CC#N)C4)c3)ncnc21. The summed E-state index contributed by atoms with van der Waals surface area (Å²) in [6, 6.07) is 7.58. The summed E-state index contributed by atoms with van der Waals surface area (Å²) in [5.74, 6) is 0. The molecule has 0 bridgehead atoms. The van der Waals surface area contributed by atoms with Crippen LogP contribution in [0, 0.1) is 22.7 Å². The fourth-order valence-electron chi connectivity index (χ4n) is 4.07. The van der Waals surface area contributed by atoms with E-state index in [1.54, 1.807) is 12.5 Å². The van der Waals surface area contributed by atoms with Gasteiger partial charge in [-0.25, -0.2) is 9.97 Å². The molecule has 32 heavy (non-hydrogen) atoms. The fourth-order valence-corrected chi connectivity index (χ4v) is 4.82. The van der Waals surface area contributed by atoms with Crippen LogP contribution in [0.15, 0.2) is 31.0 Å². The van der Waals surface area contributed by atoms with E-state index in [2.05, 4.69) is 46.8 Å². The summed E-state index contributed by atoms with van der Waals surface area (Å²) in [5.41, 5.74) is 2.12. The van der Waals surface area contributed by atoms with Crippen molar-refractivity contribution in [1.82, 2.24) is 29.2 Å². The molecule has 0 amide bonds. The first-order valence-electron chi connectivity index (χ1n) is 10.7. The number of hydrogen-bond donors (Lipinski definition) is 0. The second-order valence-electron chi connectivity index (χ2n) is 9.63. The van der Waals surface area contributed by atoms with E-state index >= 15 is 0 Å². The zero-order valence-electron chi connectivity index (χ0n) is 18.8. The molecule has 166 valence electrons. The van der Waals surface area contributed by atoms with Crippen molar-refractivity contribution in [2.24, 2.45) is 0 Å². The van der Waals surface area contributed by atoms with Gasteiger partial charge in [-0.3, -0.25) is 9.58 Å². The van der Waals surface area contributed by atoms with E-state index in [0.29, 0.717) is 32.8 Å². The minimum Gasteiger partial charge on any atom is -0.361 e. The van der Waals surface area contributed by atoms with Gasteiger partial charge >= 0.3 is 0 Å². The molecule has 3 aromatic heterocycles. The molecule has 10 heteroatoms. The third-order valence-corrected chi connectivity index (χ3v) is 7.57. The predicted octanol–water partition coefficient (Wildman–Crippen LogP) is 3.06. The number of hydrogen-bond acceptors (Lipinski definition) is 7. The Labute approximate surface area is 188 Å². The zero-order chi connectivity index (χ0) is 22.8. The van der Waals surface area contributed by atoms with Crippen LogP contribution in [-0.2, 0) is 17.0 Å². The number of aromatic nitrogens is 5. The maximum atomic E-state index is 9.34. The highest BCUT2D eigenvalue weighted by atomic mass is 28.3. The van der Waals surface area contributed by atoms with E-state index in [9.17, 15) is 5.26 Å². The largest absolute Gasteiger partial charge is 0.361 e. The molecule has 1 saturated heterocycles. The molecule has 3 aromatic rings. The predicted molar refractivity (Wildman–Crippen MR) is 123 cm³/mol. The van der Waals surface area contributed by atoms with Crippen molar-refractivity contribution in [1.29, 1.82) is 10.5 Å². The summed E-state index contributed by atoms with van der Waals surface area (Å²) in [6.45, 7) is 9.87. The van der Waals surface area contributed by atoms with Crippen LogP contribution in [0.2, 0.25) is 25.7 Å². The van der Waals surface area contributed by atoms with Gasteiger partial charge in [0.15, 0.2) is 0 Å². The van der Waals surface area contributed by atoms with Crippen molar-refractivity contribution in [3.05, 3.63) is 31.0 Å². The summed E-state index contributed by atoms with van der Waals surface area (Å²) in [6.07, 6.45) is 7.63. The molecule has 0 spiro atoms. The molecule has 0 atom stereocenters. The quantitative estimate of drug-likeness (QED) is 0.281. The van der Waals surface area contributed by atoms with Crippen LogP contribution in [-0.4, -0.2) is 63.5 Å². The van der Waals surface area contributed by atoms with Gasteiger partial charge in [0.2, 0.25) is 0 Å². The van der Waals surface area contributed by atoms with Crippen LogP contribution >= 0.6 is 0 Å². The number of ether oxygens (including phenoxy) is 1. The van der Waals surface area contributed by atoms with Gasteiger partial charge in [0.25, 0.3) is 0 Å². The lowest BCUT2D eigenvalue weighted by molar-refractivity contribution is 0.0157. The van der Waals surface area contributed by atoms with E-state index in [-0.39, 0.29) is 0 Å². The summed E-state index contributed by atoms with van der Waals surface area (Å²) in [5, 5.41) is 23.8. The Hall–Kier alpha value is -3.05. The average molecular weight is 449 g/mol. The molecule has 9 nitrogen and oxygen atoms in total. The molecular formula is C22H28N8OSi. The van der Waals surface area contributed by atoms with Crippen molar-refractivity contribution >= 4 is 19.1 Å². The normalized spacial score (nSPS) is 15.9. The van der Waals surface area contributed by atoms with Gasteiger partial charge in [0.05, 0.1) is 37.0 Å². The van der Waals surface area contributed by atoms with E-state index < -0.39 is 13.6 Å². The van der Waals surface area contributed by atoms with Crippen molar-refractivity contribution in [3.63, 3.8) is 0 Å². The minimum atomic E-state index is -1.12. The minimum absolute atomic E-state index is 0.348. The summed E-state index contributed by atoms with van der Waals surface area (Å²) >= 11 is 0. The molecule has 1 aliphatic rings. The molecule has 4 rings (SSSR count). The first kappa shape index (κ1) is 22.2. The maximum absolute atomic E-state index is 9.34. The average Bonchev–Trinajstić information content (AvgIpc) is 3.36. The van der Waals surface area contributed by atoms with Crippen LogP contribution in [0.4, 0.5) is 0 Å². The Kier molecular flexibility index (Phi) is 6.11. The molecule has 0 unspecified atom stereocenters. The lowest BCUT2D eigenvalue weighted by Gasteiger charge is -2.48. The molecule has 0 aromatic carbocycles.